The molecule has 8 heteroatoms. The number of hydrogen-bond acceptors (Lipinski definition) is 6. The summed E-state index contributed by atoms with van der Waals surface area (Å²) in [6.45, 7) is 1.21. The van der Waals surface area contributed by atoms with Crippen molar-refractivity contribution in [1.29, 1.82) is 0 Å². The van der Waals surface area contributed by atoms with Gasteiger partial charge in [0.25, 0.3) is 5.69 Å². The predicted molar refractivity (Wildman–Crippen MR) is 92.6 cm³/mol. The molecule has 0 saturated carbocycles. The maximum atomic E-state index is 10.9. The van der Waals surface area contributed by atoms with Gasteiger partial charge in [-0.25, -0.2) is 0 Å². The van der Waals surface area contributed by atoms with Gasteiger partial charge in [0.05, 0.1) is 11.5 Å². The average molecular weight is 357 g/mol. The van der Waals surface area contributed by atoms with Gasteiger partial charge in [-0.1, -0.05) is 28.9 Å². The Hall–Kier alpha value is -2.93. The smallest absolute Gasteiger partial charge is 0.269 e. The van der Waals surface area contributed by atoms with E-state index in [0.29, 0.717) is 23.3 Å². The molecule has 2 aromatic carbocycles. The van der Waals surface area contributed by atoms with E-state index < -0.39 is 0 Å². The van der Waals surface area contributed by atoms with Crippen LogP contribution >= 0.6 is 11.6 Å². The molecule has 2 heterocycles. The van der Waals surface area contributed by atoms with Crippen molar-refractivity contribution in [1.82, 2.24) is 10.1 Å². The normalized spacial score (nSPS) is 13.1. The Morgan fingerprint density at radius 2 is 2.16 bits per heavy atom. The number of hydrogen-bond donors (Lipinski definition) is 0. The van der Waals surface area contributed by atoms with E-state index in [1.54, 1.807) is 24.3 Å². The van der Waals surface area contributed by atoms with Crippen LogP contribution in [0.1, 0.15) is 11.5 Å². The number of halogens is 1. The minimum atomic E-state index is -0.377. The summed E-state index contributed by atoms with van der Waals surface area (Å²) in [6.07, 6.45) is 0.756. The fraction of sp³-hybridized carbons (Fsp3) is 0.176. The van der Waals surface area contributed by atoms with Gasteiger partial charge in [0.2, 0.25) is 11.7 Å². The summed E-state index contributed by atoms with van der Waals surface area (Å²) in [5.41, 5.74) is 2.83. The molecule has 25 heavy (non-hydrogen) atoms. The molecule has 0 radical (unpaired) electrons. The van der Waals surface area contributed by atoms with Crippen LogP contribution in [0.15, 0.2) is 47.0 Å². The number of nitro benzene ring substituents is 1. The first-order valence-electron chi connectivity index (χ1n) is 7.71. The van der Waals surface area contributed by atoms with Crippen molar-refractivity contribution in [2.24, 2.45) is 0 Å². The predicted octanol–water partition coefficient (Wildman–Crippen LogP) is 3.86. The third-order valence-electron chi connectivity index (χ3n) is 4.14. The lowest BCUT2D eigenvalue weighted by Crippen LogP contribution is -2.19. The zero-order chi connectivity index (χ0) is 17.4. The highest BCUT2D eigenvalue weighted by molar-refractivity contribution is 6.30. The van der Waals surface area contributed by atoms with E-state index >= 15 is 0 Å². The SMILES string of the molecule is O=[N+]([O-])c1ccc2c(c1)CCN2Cc1nc(-c2cccc(Cl)c2)no1. The summed E-state index contributed by atoms with van der Waals surface area (Å²) >= 11 is 5.99. The maximum Gasteiger partial charge on any atom is 0.269 e. The first-order valence-corrected chi connectivity index (χ1v) is 8.09. The van der Waals surface area contributed by atoms with Crippen molar-refractivity contribution < 1.29 is 9.45 Å². The van der Waals surface area contributed by atoms with Crippen molar-refractivity contribution in [3.8, 4) is 11.4 Å². The van der Waals surface area contributed by atoms with E-state index in [4.69, 9.17) is 16.1 Å². The average Bonchev–Trinajstić information content (AvgIpc) is 3.22. The van der Waals surface area contributed by atoms with E-state index in [1.807, 2.05) is 12.1 Å². The minimum absolute atomic E-state index is 0.113. The van der Waals surface area contributed by atoms with Crippen LogP contribution in [-0.4, -0.2) is 21.6 Å². The van der Waals surface area contributed by atoms with Gasteiger partial charge >= 0.3 is 0 Å². The summed E-state index contributed by atoms with van der Waals surface area (Å²) < 4.78 is 5.34. The molecule has 1 aliphatic rings. The molecule has 0 spiro atoms. The molecule has 126 valence electrons. The fourth-order valence-corrected chi connectivity index (χ4v) is 3.15. The number of fused-ring (bicyclic) bond motifs is 1. The molecule has 3 aromatic rings. The highest BCUT2D eigenvalue weighted by Gasteiger charge is 2.23. The second kappa shape index (κ2) is 6.18. The van der Waals surface area contributed by atoms with Gasteiger partial charge in [0.1, 0.15) is 0 Å². The maximum absolute atomic E-state index is 10.9. The molecule has 0 bridgehead atoms. The van der Waals surface area contributed by atoms with Gasteiger partial charge in [-0.15, -0.1) is 0 Å². The van der Waals surface area contributed by atoms with Gasteiger partial charge in [0, 0.05) is 35.0 Å². The lowest BCUT2D eigenvalue weighted by Gasteiger charge is -2.16. The Labute approximate surface area is 148 Å². The molecular weight excluding hydrogens is 344 g/mol. The van der Waals surface area contributed by atoms with Crippen LogP contribution in [-0.2, 0) is 13.0 Å². The number of nitro groups is 1. The quantitative estimate of drug-likeness (QED) is 0.521. The van der Waals surface area contributed by atoms with Crippen molar-refractivity contribution >= 4 is 23.0 Å². The minimum Gasteiger partial charge on any atom is -0.362 e. The summed E-state index contributed by atoms with van der Waals surface area (Å²) in [4.78, 5) is 17.0. The second-order valence-corrected chi connectivity index (χ2v) is 6.20. The molecule has 4 rings (SSSR count). The monoisotopic (exact) mass is 356 g/mol. The van der Waals surface area contributed by atoms with Crippen LogP contribution in [0.5, 0.6) is 0 Å². The third-order valence-corrected chi connectivity index (χ3v) is 4.38. The fourth-order valence-electron chi connectivity index (χ4n) is 2.96. The molecular formula is C17H13ClN4O3. The summed E-state index contributed by atoms with van der Waals surface area (Å²) in [5, 5.41) is 15.5. The number of anilines is 1. The zero-order valence-corrected chi connectivity index (χ0v) is 13.8. The van der Waals surface area contributed by atoms with Crippen LogP contribution in [0.4, 0.5) is 11.4 Å². The molecule has 7 nitrogen and oxygen atoms in total. The Balaban J connectivity index is 1.54. The van der Waals surface area contributed by atoms with Gasteiger partial charge in [-0.3, -0.25) is 10.1 Å². The van der Waals surface area contributed by atoms with Crippen molar-refractivity contribution in [2.45, 2.75) is 13.0 Å². The van der Waals surface area contributed by atoms with E-state index in [9.17, 15) is 10.1 Å². The van der Waals surface area contributed by atoms with Crippen LogP contribution in [0.25, 0.3) is 11.4 Å². The molecule has 0 fully saturated rings. The standard InChI is InChI=1S/C17H13ClN4O3/c18-13-3-1-2-12(8-13)17-19-16(25-20-17)10-21-7-6-11-9-14(22(23)24)4-5-15(11)21/h1-5,8-9H,6-7,10H2. The summed E-state index contributed by atoms with van der Waals surface area (Å²) in [6, 6.07) is 12.2. The molecule has 0 unspecified atom stereocenters. The van der Waals surface area contributed by atoms with Crippen molar-refractivity contribution in [3.63, 3.8) is 0 Å². The number of rotatable bonds is 4. The Morgan fingerprint density at radius 1 is 1.28 bits per heavy atom. The van der Waals surface area contributed by atoms with Crippen molar-refractivity contribution in [2.75, 3.05) is 11.4 Å². The molecule has 0 saturated heterocycles. The van der Waals surface area contributed by atoms with Gasteiger partial charge in [-0.2, -0.15) is 4.98 Å². The third kappa shape index (κ3) is 3.06. The number of nitrogens with zero attached hydrogens (tertiary/aromatic N) is 4. The lowest BCUT2D eigenvalue weighted by molar-refractivity contribution is -0.384. The summed E-state index contributed by atoms with van der Waals surface area (Å²) in [7, 11) is 0. The molecule has 0 N–H and O–H groups in total. The van der Waals surface area contributed by atoms with Crippen LogP contribution in [0.3, 0.4) is 0 Å². The number of non-ortho nitro benzene ring substituents is 1. The van der Waals surface area contributed by atoms with Crippen LogP contribution in [0.2, 0.25) is 5.02 Å². The second-order valence-electron chi connectivity index (χ2n) is 5.76. The largest absolute Gasteiger partial charge is 0.362 e. The van der Waals surface area contributed by atoms with Crippen molar-refractivity contribution in [3.05, 3.63) is 69.1 Å². The first kappa shape index (κ1) is 15.6. The lowest BCUT2D eigenvalue weighted by atomic mass is 10.1. The molecule has 0 amide bonds. The number of benzene rings is 2. The molecule has 0 atom stereocenters. The molecule has 0 aliphatic carbocycles. The summed E-state index contributed by atoms with van der Waals surface area (Å²) in [5.74, 6) is 0.974. The first-order chi connectivity index (χ1) is 12.1. The van der Waals surface area contributed by atoms with E-state index in [0.717, 1.165) is 29.8 Å². The Kier molecular flexibility index (Phi) is 3.85. The topological polar surface area (TPSA) is 85.3 Å². The highest BCUT2D eigenvalue weighted by atomic mass is 35.5. The van der Waals surface area contributed by atoms with E-state index in [2.05, 4.69) is 15.0 Å². The Morgan fingerprint density at radius 3 is 2.96 bits per heavy atom. The van der Waals surface area contributed by atoms with E-state index in [1.165, 1.54) is 6.07 Å². The number of aromatic nitrogens is 2. The molecule has 1 aromatic heterocycles. The van der Waals surface area contributed by atoms with Gasteiger partial charge < -0.3 is 9.42 Å². The van der Waals surface area contributed by atoms with Gasteiger partial charge in [0.15, 0.2) is 0 Å². The van der Waals surface area contributed by atoms with Gasteiger partial charge in [-0.05, 0) is 30.2 Å². The zero-order valence-electron chi connectivity index (χ0n) is 13.1. The van der Waals surface area contributed by atoms with Crippen LogP contribution in [0, 0.1) is 10.1 Å². The molecule has 1 aliphatic heterocycles. The Bertz CT molecular complexity index is 957. The van der Waals surface area contributed by atoms with E-state index in [-0.39, 0.29) is 10.6 Å². The highest BCUT2D eigenvalue weighted by Crippen LogP contribution is 2.32. The van der Waals surface area contributed by atoms with Crippen LogP contribution < -0.4 is 4.90 Å².